The fourth-order valence-corrected chi connectivity index (χ4v) is 2.39. The molecule has 25 heavy (non-hydrogen) atoms. The zero-order valence-electron chi connectivity index (χ0n) is 13.3. The molecule has 0 fully saturated rings. The number of aliphatic hydroxyl groups excluding tert-OH is 1. The number of halogens is 1. The number of hydrogen-bond acceptors (Lipinski definition) is 4. The Labute approximate surface area is 144 Å². The third-order valence-corrected chi connectivity index (χ3v) is 3.72. The molecule has 0 bridgehead atoms. The van der Waals surface area contributed by atoms with Crippen molar-refractivity contribution in [1.29, 1.82) is 0 Å². The lowest BCUT2D eigenvalue weighted by Gasteiger charge is -2.11. The fourth-order valence-electron chi connectivity index (χ4n) is 2.39. The van der Waals surface area contributed by atoms with E-state index >= 15 is 0 Å². The van der Waals surface area contributed by atoms with Crippen molar-refractivity contribution in [2.45, 2.75) is 19.1 Å². The Morgan fingerprint density at radius 2 is 2.04 bits per heavy atom. The summed E-state index contributed by atoms with van der Waals surface area (Å²) in [6, 6.07) is 13.1. The number of nitrogens with one attached hydrogen (secondary N) is 1. The quantitative estimate of drug-likeness (QED) is 0.720. The van der Waals surface area contributed by atoms with Gasteiger partial charge in [0.25, 0.3) is 0 Å². The topological polar surface area (TPSA) is 80.0 Å². The van der Waals surface area contributed by atoms with Gasteiger partial charge in [0, 0.05) is 6.54 Å². The molecule has 1 heterocycles. The van der Waals surface area contributed by atoms with Crippen LogP contribution in [-0.4, -0.2) is 25.8 Å². The van der Waals surface area contributed by atoms with Crippen LogP contribution in [0.15, 0.2) is 61.2 Å². The number of benzene rings is 2. The van der Waals surface area contributed by atoms with Crippen LogP contribution >= 0.6 is 0 Å². The van der Waals surface area contributed by atoms with Crippen LogP contribution in [-0.2, 0) is 11.3 Å². The summed E-state index contributed by atoms with van der Waals surface area (Å²) < 4.78 is 14.8. The van der Waals surface area contributed by atoms with E-state index in [4.69, 9.17) is 0 Å². The Kier molecular flexibility index (Phi) is 5.15. The van der Waals surface area contributed by atoms with Crippen LogP contribution < -0.4 is 5.32 Å². The molecule has 3 aromatic rings. The Balaban J connectivity index is 1.52. The highest BCUT2D eigenvalue weighted by atomic mass is 19.1. The van der Waals surface area contributed by atoms with Crippen molar-refractivity contribution >= 4 is 5.91 Å². The maximum atomic E-state index is 13.1. The Hall–Kier alpha value is -3.06. The van der Waals surface area contributed by atoms with Gasteiger partial charge in [0.1, 0.15) is 18.5 Å². The van der Waals surface area contributed by atoms with Gasteiger partial charge in [0.2, 0.25) is 5.91 Å². The average molecular weight is 340 g/mol. The maximum absolute atomic E-state index is 13.1. The number of rotatable bonds is 6. The van der Waals surface area contributed by atoms with Gasteiger partial charge in [-0.25, -0.2) is 14.1 Å². The van der Waals surface area contributed by atoms with Gasteiger partial charge in [0.15, 0.2) is 0 Å². The van der Waals surface area contributed by atoms with Gasteiger partial charge in [-0.15, -0.1) is 0 Å². The molecule has 6 nitrogen and oxygen atoms in total. The van der Waals surface area contributed by atoms with Crippen molar-refractivity contribution in [3.05, 3.63) is 78.1 Å². The first kappa shape index (κ1) is 16.8. The largest absolute Gasteiger partial charge is 0.388 e. The van der Waals surface area contributed by atoms with Gasteiger partial charge in [-0.2, -0.15) is 5.10 Å². The lowest BCUT2D eigenvalue weighted by Crippen LogP contribution is -2.24. The normalized spacial score (nSPS) is 11.9. The molecule has 128 valence electrons. The van der Waals surface area contributed by atoms with E-state index in [1.165, 1.54) is 24.5 Å². The highest BCUT2D eigenvalue weighted by molar-refractivity contribution is 5.76. The molecule has 0 aliphatic rings. The Bertz CT molecular complexity index is 835. The molecule has 1 amide bonds. The van der Waals surface area contributed by atoms with Gasteiger partial charge >= 0.3 is 0 Å². The third kappa shape index (κ3) is 4.48. The highest BCUT2D eigenvalue weighted by Crippen LogP contribution is 2.17. The van der Waals surface area contributed by atoms with E-state index in [-0.39, 0.29) is 12.3 Å². The van der Waals surface area contributed by atoms with Crippen molar-refractivity contribution in [1.82, 2.24) is 20.1 Å². The summed E-state index contributed by atoms with van der Waals surface area (Å²) in [6.45, 7) is 0.340. The van der Waals surface area contributed by atoms with Crippen LogP contribution in [0.4, 0.5) is 4.39 Å². The second-order valence-electron chi connectivity index (χ2n) is 5.56. The van der Waals surface area contributed by atoms with E-state index in [9.17, 15) is 14.3 Å². The second kappa shape index (κ2) is 7.67. The molecule has 3 rings (SSSR count). The molecule has 7 heteroatoms. The molecule has 0 radical (unpaired) electrons. The average Bonchev–Trinajstić information content (AvgIpc) is 3.15. The first-order chi connectivity index (χ1) is 12.1. The van der Waals surface area contributed by atoms with Gasteiger partial charge in [0.05, 0.1) is 18.2 Å². The predicted molar refractivity (Wildman–Crippen MR) is 89.2 cm³/mol. The molecule has 0 saturated carbocycles. The second-order valence-corrected chi connectivity index (χ2v) is 5.56. The number of nitrogens with zero attached hydrogens (tertiary/aromatic N) is 3. The minimum Gasteiger partial charge on any atom is -0.388 e. The van der Waals surface area contributed by atoms with Crippen LogP contribution in [0.1, 0.15) is 23.7 Å². The van der Waals surface area contributed by atoms with Crippen molar-refractivity contribution in [3.63, 3.8) is 0 Å². The summed E-state index contributed by atoms with van der Waals surface area (Å²) in [4.78, 5) is 15.8. The lowest BCUT2D eigenvalue weighted by molar-refractivity contribution is -0.123. The molecular formula is C18H17FN4O2. The molecule has 0 aliphatic heterocycles. The number of carbonyl (C=O) groups excluding carboxylic acids is 1. The van der Waals surface area contributed by atoms with Gasteiger partial charge in [-0.3, -0.25) is 4.79 Å². The van der Waals surface area contributed by atoms with E-state index < -0.39 is 11.9 Å². The smallest absolute Gasteiger partial charge is 0.223 e. The van der Waals surface area contributed by atoms with Crippen molar-refractivity contribution < 1.29 is 14.3 Å². The number of amides is 1. The zero-order valence-corrected chi connectivity index (χ0v) is 13.3. The van der Waals surface area contributed by atoms with E-state index in [1.807, 2.05) is 24.3 Å². The summed E-state index contributed by atoms with van der Waals surface area (Å²) in [5.41, 5.74) is 2.17. The van der Waals surface area contributed by atoms with Crippen LogP contribution in [0, 0.1) is 5.82 Å². The molecule has 1 aromatic heterocycles. The third-order valence-electron chi connectivity index (χ3n) is 3.72. The van der Waals surface area contributed by atoms with Crippen LogP contribution in [0.25, 0.3) is 5.69 Å². The standard InChI is InChI=1S/C18H17FN4O2/c19-15-3-1-2-14(8-15)17(24)9-18(25)21-10-13-4-6-16(7-5-13)23-12-20-11-22-23/h1-8,11-12,17,24H,9-10H2,(H,21,25). The van der Waals surface area contributed by atoms with Crippen LogP contribution in [0.3, 0.4) is 0 Å². The first-order valence-corrected chi connectivity index (χ1v) is 7.76. The van der Waals surface area contributed by atoms with E-state index in [0.717, 1.165) is 11.3 Å². The van der Waals surface area contributed by atoms with E-state index in [1.54, 1.807) is 17.1 Å². The Morgan fingerprint density at radius 3 is 2.72 bits per heavy atom. The summed E-state index contributed by atoms with van der Waals surface area (Å²) >= 11 is 0. The number of aliphatic hydroxyl groups is 1. The summed E-state index contributed by atoms with van der Waals surface area (Å²) in [5.74, 6) is -0.749. The fraction of sp³-hybridized carbons (Fsp3) is 0.167. The first-order valence-electron chi connectivity index (χ1n) is 7.76. The van der Waals surface area contributed by atoms with Gasteiger partial charge in [-0.1, -0.05) is 24.3 Å². The molecule has 2 N–H and O–H groups in total. The molecular weight excluding hydrogens is 323 g/mol. The minimum atomic E-state index is -1.04. The molecule has 2 aromatic carbocycles. The molecule has 0 spiro atoms. The zero-order chi connectivity index (χ0) is 17.6. The monoisotopic (exact) mass is 340 g/mol. The number of hydrogen-bond donors (Lipinski definition) is 2. The molecule has 1 atom stereocenters. The van der Waals surface area contributed by atoms with E-state index in [0.29, 0.717) is 12.1 Å². The van der Waals surface area contributed by atoms with Crippen LogP contribution in [0.5, 0.6) is 0 Å². The van der Waals surface area contributed by atoms with Crippen LogP contribution in [0.2, 0.25) is 0 Å². The lowest BCUT2D eigenvalue weighted by atomic mass is 10.1. The predicted octanol–water partition coefficient (Wildman–Crippen LogP) is 2.15. The summed E-state index contributed by atoms with van der Waals surface area (Å²) in [6.07, 6.45) is 1.90. The Morgan fingerprint density at radius 1 is 1.24 bits per heavy atom. The number of carbonyl (C=O) groups is 1. The highest BCUT2D eigenvalue weighted by Gasteiger charge is 2.13. The maximum Gasteiger partial charge on any atom is 0.223 e. The van der Waals surface area contributed by atoms with Gasteiger partial charge < -0.3 is 10.4 Å². The molecule has 1 unspecified atom stereocenters. The van der Waals surface area contributed by atoms with Crippen molar-refractivity contribution in [2.24, 2.45) is 0 Å². The van der Waals surface area contributed by atoms with E-state index in [2.05, 4.69) is 15.4 Å². The molecule has 0 saturated heterocycles. The molecule has 0 aliphatic carbocycles. The minimum absolute atomic E-state index is 0.125. The summed E-state index contributed by atoms with van der Waals surface area (Å²) in [5, 5.41) is 16.8. The van der Waals surface area contributed by atoms with Crippen molar-refractivity contribution in [3.8, 4) is 5.69 Å². The number of aromatic nitrogens is 3. The van der Waals surface area contributed by atoms with Crippen molar-refractivity contribution in [2.75, 3.05) is 0 Å². The van der Waals surface area contributed by atoms with Gasteiger partial charge in [-0.05, 0) is 35.4 Å². The summed E-state index contributed by atoms with van der Waals surface area (Å²) in [7, 11) is 0. The SMILES string of the molecule is O=C(CC(O)c1cccc(F)c1)NCc1ccc(-n2cncn2)cc1.